The Bertz CT molecular complexity index is 647. The average Bonchev–Trinajstić information content (AvgIpc) is 3.11. The molecule has 1 amide bonds. The van der Waals surface area contributed by atoms with Gasteiger partial charge in [-0.15, -0.1) is 0 Å². The van der Waals surface area contributed by atoms with Crippen LogP contribution in [-0.2, 0) is 11.3 Å². The molecule has 0 spiro atoms. The number of carbonyl (C=O) groups excluding carboxylic acids is 1. The van der Waals surface area contributed by atoms with Crippen molar-refractivity contribution in [2.75, 3.05) is 13.1 Å². The van der Waals surface area contributed by atoms with Gasteiger partial charge in [0.15, 0.2) is 0 Å². The Morgan fingerprint density at radius 3 is 2.68 bits per heavy atom. The maximum Gasteiger partial charge on any atom is 0.224 e. The third-order valence-corrected chi connectivity index (χ3v) is 6.65. The normalized spacial score (nSPS) is 27.9. The van der Waals surface area contributed by atoms with Crippen molar-refractivity contribution in [1.29, 1.82) is 0 Å². The monoisotopic (exact) mass is 364 g/mol. The van der Waals surface area contributed by atoms with Crippen molar-refractivity contribution in [2.45, 2.75) is 63.6 Å². The predicted octanol–water partition coefficient (Wildman–Crippen LogP) is 4.23. The van der Waals surface area contributed by atoms with Gasteiger partial charge in [0.25, 0.3) is 0 Å². The molecule has 0 unspecified atom stereocenters. The van der Waals surface area contributed by atoms with Gasteiger partial charge in [0, 0.05) is 43.2 Å². The number of rotatable bonds is 4. The van der Waals surface area contributed by atoms with Crippen LogP contribution in [-0.4, -0.2) is 40.9 Å². The van der Waals surface area contributed by atoms with Crippen molar-refractivity contribution in [3.8, 4) is 0 Å². The summed E-state index contributed by atoms with van der Waals surface area (Å²) in [6.45, 7) is 2.74. The van der Waals surface area contributed by atoms with Crippen LogP contribution in [0.2, 0.25) is 5.02 Å². The van der Waals surface area contributed by atoms with Gasteiger partial charge in [-0.2, -0.15) is 0 Å². The fraction of sp³-hybridized carbons (Fsp3) is 0.650. The fourth-order valence-electron chi connectivity index (χ4n) is 4.98. The van der Waals surface area contributed by atoms with E-state index in [0.29, 0.717) is 24.0 Å². The maximum atomic E-state index is 13.3. The number of likely N-dealkylation sites (tertiary alicyclic amines) is 2. The van der Waals surface area contributed by atoms with Gasteiger partial charge in [0.2, 0.25) is 5.91 Å². The summed E-state index contributed by atoms with van der Waals surface area (Å²) in [5.41, 5.74) is 0.836. The van der Waals surface area contributed by atoms with Crippen LogP contribution in [0.5, 0.6) is 0 Å². The Morgan fingerprint density at radius 2 is 1.92 bits per heavy atom. The number of amides is 1. The van der Waals surface area contributed by atoms with Crippen LogP contribution >= 0.6 is 11.6 Å². The molecule has 1 aliphatic carbocycles. The first-order chi connectivity index (χ1) is 12.1. The molecular formula is C20H26ClFN2O. The molecular weight excluding hydrogens is 339 g/mol. The van der Waals surface area contributed by atoms with Gasteiger partial charge in [0.05, 0.1) is 0 Å². The molecule has 2 aliphatic heterocycles. The van der Waals surface area contributed by atoms with Crippen molar-refractivity contribution in [2.24, 2.45) is 5.92 Å². The number of hydrogen-bond donors (Lipinski definition) is 0. The van der Waals surface area contributed by atoms with E-state index < -0.39 is 0 Å². The van der Waals surface area contributed by atoms with E-state index in [-0.39, 0.29) is 17.8 Å². The molecule has 2 atom stereocenters. The number of hydrogen-bond acceptors (Lipinski definition) is 2. The Balaban J connectivity index is 1.43. The summed E-state index contributed by atoms with van der Waals surface area (Å²) < 4.78 is 13.3. The summed E-state index contributed by atoms with van der Waals surface area (Å²) in [5, 5.41) is 0.410. The van der Waals surface area contributed by atoms with Crippen molar-refractivity contribution in [1.82, 2.24) is 9.80 Å². The van der Waals surface area contributed by atoms with Crippen LogP contribution in [0.3, 0.4) is 0 Å². The molecule has 3 nitrogen and oxygen atoms in total. The van der Waals surface area contributed by atoms with Gasteiger partial charge in [-0.3, -0.25) is 9.69 Å². The van der Waals surface area contributed by atoms with Crippen LogP contribution in [0.1, 0.15) is 50.5 Å². The average molecular weight is 365 g/mol. The van der Waals surface area contributed by atoms with Crippen LogP contribution in [0.4, 0.5) is 4.39 Å². The minimum atomic E-state index is -0.334. The summed E-state index contributed by atoms with van der Waals surface area (Å²) in [4.78, 5) is 17.1. The molecule has 25 heavy (non-hydrogen) atoms. The third-order valence-electron chi connectivity index (χ3n) is 6.30. The Labute approximate surface area is 154 Å². The summed E-state index contributed by atoms with van der Waals surface area (Å²) >= 11 is 6.17. The van der Waals surface area contributed by atoms with Gasteiger partial charge in [0.1, 0.15) is 5.82 Å². The van der Waals surface area contributed by atoms with E-state index in [2.05, 4.69) is 4.90 Å². The zero-order valence-electron chi connectivity index (χ0n) is 14.6. The number of halogens is 2. The molecule has 0 radical (unpaired) electrons. The first-order valence-electron chi connectivity index (χ1n) is 9.59. The lowest BCUT2D eigenvalue weighted by molar-refractivity contribution is -0.129. The number of fused-ring (bicyclic) bond motifs is 1. The summed E-state index contributed by atoms with van der Waals surface area (Å²) in [6.07, 6.45) is 8.46. The van der Waals surface area contributed by atoms with E-state index in [1.165, 1.54) is 44.2 Å². The molecule has 3 aliphatic rings. The van der Waals surface area contributed by atoms with E-state index in [1.807, 2.05) is 4.90 Å². The summed E-state index contributed by atoms with van der Waals surface area (Å²) in [5.74, 6) is 0.686. The standard InChI is InChI=1S/C20H26ClFN2O/c21-17-10-16(22)7-6-15(17)13-24-18-8-9-23(19(18)11-20(24)25)12-14-4-2-1-3-5-14/h6-7,10,14,18-19H,1-5,8-9,11-13H2/t18-,19-/m0/s1. The van der Waals surface area contributed by atoms with E-state index in [0.717, 1.165) is 31.0 Å². The van der Waals surface area contributed by atoms with Gasteiger partial charge >= 0.3 is 0 Å². The minimum Gasteiger partial charge on any atom is -0.334 e. The molecule has 136 valence electrons. The number of benzene rings is 1. The van der Waals surface area contributed by atoms with Crippen molar-refractivity contribution < 1.29 is 9.18 Å². The maximum absolute atomic E-state index is 13.3. The van der Waals surface area contributed by atoms with Crippen LogP contribution in [0.25, 0.3) is 0 Å². The lowest BCUT2D eigenvalue weighted by atomic mass is 9.89. The molecule has 2 saturated heterocycles. The second-order valence-electron chi connectivity index (χ2n) is 7.88. The lowest BCUT2D eigenvalue weighted by Gasteiger charge is -2.30. The molecule has 5 heteroatoms. The second-order valence-corrected chi connectivity index (χ2v) is 8.29. The van der Waals surface area contributed by atoms with Crippen molar-refractivity contribution >= 4 is 17.5 Å². The highest BCUT2D eigenvalue weighted by atomic mass is 35.5. The minimum absolute atomic E-state index is 0.212. The SMILES string of the molecule is O=C1C[C@H]2[C@H](CCN2CC2CCCCC2)N1Cc1ccc(F)cc1Cl. The molecule has 1 aromatic carbocycles. The Morgan fingerprint density at radius 1 is 1.12 bits per heavy atom. The Kier molecular flexibility index (Phi) is 5.01. The quantitative estimate of drug-likeness (QED) is 0.798. The number of nitrogens with zero attached hydrogens (tertiary/aromatic N) is 2. The van der Waals surface area contributed by atoms with Gasteiger partial charge in [-0.1, -0.05) is 36.9 Å². The zero-order chi connectivity index (χ0) is 17.4. The molecule has 4 rings (SSSR count). The summed E-state index contributed by atoms with van der Waals surface area (Å²) in [6, 6.07) is 5.10. The summed E-state index contributed by atoms with van der Waals surface area (Å²) in [7, 11) is 0. The molecule has 3 fully saturated rings. The molecule has 1 saturated carbocycles. The van der Waals surface area contributed by atoms with E-state index in [4.69, 9.17) is 11.6 Å². The molecule has 0 bridgehead atoms. The van der Waals surface area contributed by atoms with Gasteiger partial charge in [-0.25, -0.2) is 4.39 Å². The fourth-order valence-corrected chi connectivity index (χ4v) is 5.20. The topological polar surface area (TPSA) is 23.6 Å². The van der Waals surface area contributed by atoms with E-state index in [9.17, 15) is 9.18 Å². The third kappa shape index (κ3) is 3.56. The Hall–Kier alpha value is -1.13. The van der Waals surface area contributed by atoms with Crippen LogP contribution in [0, 0.1) is 11.7 Å². The predicted molar refractivity (Wildman–Crippen MR) is 96.9 cm³/mol. The largest absolute Gasteiger partial charge is 0.334 e. The van der Waals surface area contributed by atoms with Crippen molar-refractivity contribution in [3.63, 3.8) is 0 Å². The molecule has 0 N–H and O–H groups in total. The smallest absolute Gasteiger partial charge is 0.224 e. The highest BCUT2D eigenvalue weighted by molar-refractivity contribution is 6.31. The van der Waals surface area contributed by atoms with Crippen LogP contribution < -0.4 is 0 Å². The molecule has 1 aromatic rings. The lowest BCUT2D eigenvalue weighted by Crippen LogP contribution is -2.39. The van der Waals surface area contributed by atoms with Gasteiger partial charge in [-0.05, 0) is 42.9 Å². The highest BCUT2D eigenvalue weighted by Gasteiger charge is 2.46. The highest BCUT2D eigenvalue weighted by Crippen LogP contribution is 2.36. The van der Waals surface area contributed by atoms with Crippen LogP contribution in [0.15, 0.2) is 18.2 Å². The molecule has 2 heterocycles. The zero-order valence-corrected chi connectivity index (χ0v) is 15.3. The number of carbonyl (C=O) groups is 1. The van der Waals surface area contributed by atoms with Crippen molar-refractivity contribution in [3.05, 3.63) is 34.6 Å². The molecule has 0 aromatic heterocycles. The van der Waals surface area contributed by atoms with E-state index in [1.54, 1.807) is 6.07 Å². The second kappa shape index (κ2) is 7.24. The first-order valence-corrected chi connectivity index (χ1v) is 9.97. The van der Waals surface area contributed by atoms with Gasteiger partial charge < -0.3 is 4.90 Å². The first kappa shape index (κ1) is 17.3. The van der Waals surface area contributed by atoms with E-state index >= 15 is 0 Å².